The SMILES string of the molecule is CC(C)C[C@H](N)C(=O)O.N[C@@H](CO)C(=O)O. The molecule has 0 aromatic heterocycles. The Morgan fingerprint density at radius 3 is 1.50 bits per heavy atom. The van der Waals surface area contributed by atoms with Crippen molar-refractivity contribution in [2.75, 3.05) is 6.61 Å². The molecule has 0 fully saturated rings. The second-order valence-electron chi connectivity index (χ2n) is 3.70. The van der Waals surface area contributed by atoms with E-state index in [1.807, 2.05) is 13.8 Å². The van der Waals surface area contributed by atoms with Gasteiger partial charge in [-0.15, -0.1) is 0 Å². The van der Waals surface area contributed by atoms with Gasteiger partial charge < -0.3 is 26.8 Å². The summed E-state index contributed by atoms with van der Waals surface area (Å²) in [5, 5.41) is 24.2. The average Bonchev–Trinajstić information content (AvgIpc) is 2.16. The Bertz CT molecular complexity index is 220. The van der Waals surface area contributed by atoms with Crippen LogP contribution in [0.15, 0.2) is 0 Å². The van der Waals surface area contributed by atoms with Crippen molar-refractivity contribution in [3.05, 3.63) is 0 Å². The van der Waals surface area contributed by atoms with Crippen molar-refractivity contribution in [2.45, 2.75) is 32.4 Å². The molecule has 0 rings (SSSR count). The summed E-state index contributed by atoms with van der Waals surface area (Å²) in [6.45, 7) is 3.39. The van der Waals surface area contributed by atoms with Crippen LogP contribution in [0.5, 0.6) is 0 Å². The molecule has 2 atom stereocenters. The molecular formula is C9H20N2O5. The zero-order chi connectivity index (χ0) is 13.3. The van der Waals surface area contributed by atoms with E-state index in [9.17, 15) is 9.59 Å². The van der Waals surface area contributed by atoms with Gasteiger partial charge in [-0.25, -0.2) is 0 Å². The van der Waals surface area contributed by atoms with Crippen LogP contribution in [-0.4, -0.2) is 45.9 Å². The normalized spacial score (nSPS) is 13.6. The summed E-state index contributed by atoms with van der Waals surface area (Å²) < 4.78 is 0. The fourth-order valence-electron chi connectivity index (χ4n) is 0.687. The molecule has 0 aliphatic carbocycles. The Morgan fingerprint density at radius 2 is 1.44 bits per heavy atom. The molecule has 0 saturated heterocycles. The topological polar surface area (TPSA) is 147 Å². The molecule has 0 heterocycles. The van der Waals surface area contributed by atoms with Gasteiger partial charge in [-0.05, 0) is 12.3 Å². The van der Waals surface area contributed by atoms with E-state index in [0.717, 1.165) is 0 Å². The van der Waals surface area contributed by atoms with Crippen molar-refractivity contribution in [1.29, 1.82) is 0 Å². The van der Waals surface area contributed by atoms with Gasteiger partial charge in [0.1, 0.15) is 12.1 Å². The Balaban J connectivity index is 0. The molecule has 7 nitrogen and oxygen atoms in total. The van der Waals surface area contributed by atoms with E-state index in [0.29, 0.717) is 12.3 Å². The van der Waals surface area contributed by atoms with E-state index in [2.05, 4.69) is 0 Å². The van der Waals surface area contributed by atoms with Gasteiger partial charge in [0.2, 0.25) is 0 Å². The first kappa shape index (κ1) is 17.2. The molecule has 0 aliphatic rings. The minimum Gasteiger partial charge on any atom is -0.480 e. The third-order valence-corrected chi connectivity index (χ3v) is 1.56. The molecule has 16 heavy (non-hydrogen) atoms. The predicted octanol–water partition coefficient (Wildman–Crippen LogP) is -1.16. The van der Waals surface area contributed by atoms with Crippen LogP contribution in [-0.2, 0) is 9.59 Å². The standard InChI is InChI=1S/C6H13NO2.C3H7NO3/c1-4(2)3-5(7)6(8)9;4-2(1-5)3(6)7/h4-5H,3,7H2,1-2H3,(H,8,9);2,5H,1,4H2,(H,6,7)/t5-;2-/m00/s1. The maximum Gasteiger partial charge on any atom is 0.322 e. The van der Waals surface area contributed by atoms with Crippen molar-refractivity contribution >= 4 is 11.9 Å². The van der Waals surface area contributed by atoms with Gasteiger partial charge in [0, 0.05) is 0 Å². The Kier molecular flexibility index (Phi) is 9.77. The number of carboxylic acid groups (broad SMARTS) is 2. The fourth-order valence-corrected chi connectivity index (χ4v) is 0.687. The molecule has 7 N–H and O–H groups in total. The molecule has 0 radical (unpaired) electrons. The highest BCUT2D eigenvalue weighted by molar-refractivity contribution is 5.73. The molecule has 0 saturated carbocycles. The summed E-state index contributed by atoms with van der Waals surface area (Å²) in [5.41, 5.74) is 9.98. The number of rotatable bonds is 5. The molecule has 0 bridgehead atoms. The van der Waals surface area contributed by atoms with E-state index in [1.165, 1.54) is 0 Å². The fraction of sp³-hybridized carbons (Fsp3) is 0.778. The zero-order valence-corrected chi connectivity index (χ0v) is 9.46. The minimum absolute atomic E-state index is 0.357. The molecule has 0 aromatic carbocycles. The zero-order valence-electron chi connectivity index (χ0n) is 9.46. The summed E-state index contributed by atoms with van der Waals surface area (Å²) in [4.78, 5) is 19.8. The lowest BCUT2D eigenvalue weighted by Gasteiger charge is -2.07. The van der Waals surface area contributed by atoms with Gasteiger partial charge in [-0.2, -0.15) is 0 Å². The lowest BCUT2D eigenvalue weighted by Crippen LogP contribution is -2.33. The molecule has 0 aromatic rings. The first-order chi connectivity index (χ1) is 7.22. The number of hydrogen-bond donors (Lipinski definition) is 5. The second-order valence-corrected chi connectivity index (χ2v) is 3.70. The molecule has 0 amide bonds. The largest absolute Gasteiger partial charge is 0.480 e. The van der Waals surface area contributed by atoms with Crippen molar-refractivity contribution in [1.82, 2.24) is 0 Å². The third-order valence-electron chi connectivity index (χ3n) is 1.56. The quantitative estimate of drug-likeness (QED) is 0.404. The summed E-state index contributed by atoms with van der Waals surface area (Å²) >= 11 is 0. The molecule has 0 spiro atoms. The average molecular weight is 236 g/mol. The smallest absolute Gasteiger partial charge is 0.322 e. The van der Waals surface area contributed by atoms with Gasteiger partial charge in [0.05, 0.1) is 6.61 Å². The van der Waals surface area contributed by atoms with Crippen LogP contribution in [0.25, 0.3) is 0 Å². The third kappa shape index (κ3) is 10.9. The van der Waals surface area contributed by atoms with Gasteiger partial charge in [0.15, 0.2) is 0 Å². The minimum atomic E-state index is -1.18. The maximum absolute atomic E-state index is 10.1. The highest BCUT2D eigenvalue weighted by Gasteiger charge is 2.11. The van der Waals surface area contributed by atoms with E-state index >= 15 is 0 Å². The molecule has 0 unspecified atom stereocenters. The molecular weight excluding hydrogens is 216 g/mol. The van der Waals surface area contributed by atoms with Crippen LogP contribution in [0.1, 0.15) is 20.3 Å². The first-order valence-electron chi connectivity index (χ1n) is 4.80. The van der Waals surface area contributed by atoms with Crippen LogP contribution in [0, 0.1) is 5.92 Å². The molecule has 7 heteroatoms. The predicted molar refractivity (Wildman–Crippen MR) is 57.8 cm³/mol. The number of aliphatic hydroxyl groups is 1. The molecule has 96 valence electrons. The van der Waals surface area contributed by atoms with Crippen LogP contribution in [0.4, 0.5) is 0 Å². The van der Waals surface area contributed by atoms with Crippen molar-refractivity contribution < 1.29 is 24.9 Å². The van der Waals surface area contributed by atoms with Crippen LogP contribution >= 0.6 is 0 Å². The van der Waals surface area contributed by atoms with Gasteiger partial charge in [-0.3, -0.25) is 9.59 Å². The summed E-state index contributed by atoms with van der Waals surface area (Å²) in [7, 11) is 0. The first-order valence-corrected chi connectivity index (χ1v) is 4.80. The van der Waals surface area contributed by atoms with Crippen LogP contribution in [0.3, 0.4) is 0 Å². The number of carboxylic acids is 2. The lowest BCUT2D eigenvalue weighted by molar-refractivity contribution is -0.140. The van der Waals surface area contributed by atoms with Crippen molar-refractivity contribution in [3.8, 4) is 0 Å². The number of carbonyl (C=O) groups is 2. The van der Waals surface area contributed by atoms with E-state index < -0.39 is 30.6 Å². The summed E-state index contributed by atoms with van der Waals surface area (Å²) in [5.74, 6) is -1.73. The van der Waals surface area contributed by atoms with E-state index in [-0.39, 0.29) is 0 Å². The summed E-state index contributed by atoms with van der Waals surface area (Å²) in [6.07, 6.45) is 0.551. The van der Waals surface area contributed by atoms with Crippen molar-refractivity contribution in [2.24, 2.45) is 17.4 Å². The number of nitrogens with two attached hydrogens (primary N) is 2. The highest BCUT2D eigenvalue weighted by Crippen LogP contribution is 2.01. The Hall–Kier alpha value is -1.18. The lowest BCUT2D eigenvalue weighted by atomic mass is 10.1. The van der Waals surface area contributed by atoms with Gasteiger partial charge in [-0.1, -0.05) is 13.8 Å². The van der Waals surface area contributed by atoms with Gasteiger partial charge in [0.25, 0.3) is 0 Å². The maximum atomic E-state index is 10.1. The van der Waals surface area contributed by atoms with E-state index in [4.69, 9.17) is 26.8 Å². The van der Waals surface area contributed by atoms with E-state index in [1.54, 1.807) is 0 Å². The monoisotopic (exact) mass is 236 g/mol. The summed E-state index contributed by atoms with van der Waals surface area (Å²) in [6, 6.07) is -1.81. The highest BCUT2D eigenvalue weighted by atomic mass is 16.4. The number of aliphatic carboxylic acids is 2. The molecule has 0 aliphatic heterocycles. The second kappa shape index (κ2) is 9.08. The van der Waals surface area contributed by atoms with Crippen LogP contribution < -0.4 is 11.5 Å². The van der Waals surface area contributed by atoms with Crippen molar-refractivity contribution in [3.63, 3.8) is 0 Å². The number of aliphatic hydroxyl groups excluding tert-OH is 1. The Labute approximate surface area is 94.1 Å². The van der Waals surface area contributed by atoms with Crippen LogP contribution in [0.2, 0.25) is 0 Å². The van der Waals surface area contributed by atoms with Gasteiger partial charge >= 0.3 is 11.9 Å². The number of hydrogen-bond acceptors (Lipinski definition) is 5. The Morgan fingerprint density at radius 1 is 1.06 bits per heavy atom.